The first-order valence-corrected chi connectivity index (χ1v) is 13.8. The van der Waals surface area contributed by atoms with Crippen LogP contribution in [-0.2, 0) is 13.0 Å². The van der Waals surface area contributed by atoms with E-state index in [0.29, 0.717) is 10.0 Å². The lowest BCUT2D eigenvalue weighted by molar-refractivity contribution is 0.249. The molecule has 198 valence electrons. The Labute approximate surface area is 233 Å². The number of anilines is 1. The number of piperazine rings is 1. The first-order chi connectivity index (χ1) is 18.5. The third-order valence-corrected chi connectivity index (χ3v) is 8.50. The minimum Gasteiger partial charge on any atom is -0.497 e. The van der Waals surface area contributed by atoms with Gasteiger partial charge < -0.3 is 24.7 Å². The summed E-state index contributed by atoms with van der Waals surface area (Å²) in [5, 5.41) is 6.17. The van der Waals surface area contributed by atoms with Crippen LogP contribution in [0.25, 0.3) is 10.9 Å². The molecule has 0 amide bonds. The van der Waals surface area contributed by atoms with E-state index in [1.165, 1.54) is 27.8 Å². The Hall–Kier alpha value is -2.90. The molecular formula is C30H32Cl2N4O2. The smallest absolute Gasteiger partial charge is 0.119 e. The normalized spacial score (nSPS) is 18.0. The van der Waals surface area contributed by atoms with E-state index in [4.69, 9.17) is 32.7 Å². The summed E-state index contributed by atoms with van der Waals surface area (Å²) in [7, 11) is 3.46. The fourth-order valence-electron chi connectivity index (χ4n) is 5.78. The molecule has 2 aliphatic heterocycles. The standard InChI is InChI=1S/C30H32Cl2N4O2/c1-37-22-4-6-28-25(17-22)24-7-8-33-29(30(24)34-28)20-13-19(14-23(15-20)38-2)18-35-9-11-36(12-10-35)21-3-5-26(31)27(32)16-21/h3-6,13-17,29,33-34H,7-12,18H2,1-2H3. The molecule has 38 heavy (non-hydrogen) atoms. The van der Waals surface area contributed by atoms with Crippen molar-refractivity contribution < 1.29 is 9.47 Å². The van der Waals surface area contributed by atoms with Gasteiger partial charge in [-0.05, 0) is 71.6 Å². The second-order valence-corrected chi connectivity index (χ2v) is 10.9. The first-order valence-electron chi connectivity index (χ1n) is 13.0. The number of aromatic nitrogens is 1. The van der Waals surface area contributed by atoms with Gasteiger partial charge in [-0.2, -0.15) is 0 Å². The molecule has 6 rings (SSSR count). The minimum atomic E-state index is 0.0810. The van der Waals surface area contributed by atoms with E-state index in [9.17, 15) is 0 Å². The van der Waals surface area contributed by atoms with Crippen LogP contribution in [-0.4, -0.2) is 56.8 Å². The van der Waals surface area contributed by atoms with Gasteiger partial charge in [-0.15, -0.1) is 0 Å². The predicted molar refractivity (Wildman–Crippen MR) is 155 cm³/mol. The molecular weight excluding hydrogens is 519 g/mol. The van der Waals surface area contributed by atoms with E-state index in [1.807, 2.05) is 24.3 Å². The van der Waals surface area contributed by atoms with Crippen molar-refractivity contribution in [3.63, 3.8) is 0 Å². The molecule has 0 saturated carbocycles. The first kappa shape index (κ1) is 25.4. The van der Waals surface area contributed by atoms with Gasteiger partial charge in [0.25, 0.3) is 0 Å². The van der Waals surface area contributed by atoms with Crippen LogP contribution in [0, 0.1) is 0 Å². The maximum atomic E-state index is 6.25. The SMILES string of the molecule is COc1cc(CN2CCN(c3ccc(Cl)c(Cl)c3)CC2)cc(C2NCCc3c2[nH]c2ccc(OC)cc32)c1. The third-order valence-electron chi connectivity index (χ3n) is 7.76. The zero-order chi connectivity index (χ0) is 26.2. The largest absolute Gasteiger partial charge is 0.497 e. The molecule has 2 aliphatic rings. The Kier molecular flexibility index (Phi) is 7.14. The summed E-state index contributed by atoms with van der Waals surface area (Å²) in [5.74, 6) is 1.77. The number of nitrogens with zero attached hydrogens (tertiary/aromatic N) is 2. The fourth-order valence-corrected chi connectivity index (χ4v) is 6.08. The Balaban J connectivity index is 1.22. The lowest BCUT2D eigenvalue weighted by Crippen LogP contribution is -2.46. The van der Waals surface area contributed by atoms with Crippen LogP contribution in [0.5, 0.6) is 11.5 Å². The van der Waals surface area contributed by atoms with Crippen LogP contribution < -0.4 is 19.7 Å². The van der Waals surface area contributed by atoms with E-state index in [2.05, 4.69) is 50.4 Å². The zero-order valence-corrected chi connectivity index (χ0v) is 23.2. The molecule has 6 nitrogen and oxygen atoms in total. The molecule has 0 spiro atoms. The number of ether oxygens (including phenoxy) is 2. The van der Waals surface area contributed by atoms with E-state index in [1.54, 1.807) is 14.2 Å². The van der Waals surface area contributed by atoms with Gasteiger partial charge in [-0.25, -0.2) is 0 Å². The third kappa shape index (κ3) is 4.94. The number of hydrogen-bond acceptors (Lipinski definition) is 5. The molecule has 1 aromatic heterocycles. The number of benzene rings is 3. The van der Waals surface area contributed by atoms with Crippen LogP contribution >= 0.6 is 23.2 Å². The van der Waals surface area contributed by atoms with E-state index < -0.39 is 0 Å². The van der Waals surface area contributed by atoms with Gasteiger partial charge >= 0.3 is 0 Å². The fraction of sp³-hybridized carbons (Fsp3) is 0.333. The number of halogens is 2. The number of rotatable bonds is 6. The molecule has 1 unspecified atom stereocenters. The number of nitrogens with one attached hydrogen (secondary N) is 2. The molecule has 4 aromatic rings. The van der Waals surface area contributed by atoms with E-state index >= 15 is 0 Å². The van der Waals surface area contributed by atoms with Gasteiger partial charge in [0, 0.05) is 61.6 Å². The average molecular weight is 552 g/mol. The molecule has 0 bridgehead atoms. The van der Waals surface area contributed by atoms with Crippen LogP contribution in [0.4, 0.5) is 5.69 Å². The molecule has 0 aliphatic carbocycles. The highest BCUT2D eigenvalue weighted by Crippen LogP contribution is 2.36. The Morgan fingerprint density at radius 2 is 1.68 bits per heavy atom. The van der Waals surface area contributed by atoms with Gasteiger partial charge in [-0.3, -0.25) is 4.90 Å². The quantitative estimate of drug-likeness (QED) is 0.306. The van der Waals surface area contributed by atoms with Crippen molar-refractivity contribution in [3.05, 3.63) is 87.0 Å². The minimum absolute atomic E-state index is 0.0810. The number of methoxy groups -OCH3 is 2. The van der Waals surface area contributed by atoms with Crippen LogP contribution in [0.15, 0.2) is 54.6 Å². The molecule has 0 radical (unpaired) electrons. The van der Waals surface area contributed by atoms with Crippen molar-refractivity contribution in [2.45, 2.75) is 19.0 Å². The highest BCUT2D eigenvalue weighted by Gasteiger charge is 2.27. The molecule has 2 N–H and O–H groups in total. The van der Waals surface area contributed by atoms with Crippen LogP contribution in [0.2, 0.25) is 10.0 Å². The van der Waals surface area contributed by atoms with Crippen LogP contribution in [0.3, 0.4) is 0 Å². The molecule has 1 fully saturated rings. The molecule has 8 heteroatoms. The van der Waals surface area contributed by atoms with Crippen molar-refractivity contribution in [1.29, 1.82) is 0 Å². The number of hydrogen-bond donors (Lipinski definition) is 2. The summed E-state index contributed by atoms with van der Waals surface area (Å²) in [5.41, 5.74) is 7.34. The predicted octanol–water partition coefficient (Wildman–Crippen LogP) is 6.05. The topological polar surface area (TPSA) is 52.8 Å². The second-order valence-electron chi connectivity index (χ2n) is 10.0. The van der Waals surface area contributed by atoms with Gasteiger partial charge in [0.15, 0.2) is 0 Å². The maximum Gasteiger partial charge on any atom is 0.119 e. The monoisotopic (exact) mass is 550 g/mol. The lowest BCUT2D eigenvalue weighted by atomic mass is 9.93. The van der Waals surface area contributed by atoms with Gasteiger partial charge in [0.1, 0.15) is 11.5 Å². The Morgan fingerprint density at radius 3 is 2.45 bits per heavy atom. The van der Waals surface area contributed by atoms with E-state index in [-0.39, 0.29) is 6.04 Å². The zero-order valence-electron chi connectivity index (χ0n) is 21.7. The summed E-state index contributed by atoms with van der Waals surface area (Å²) in [6.07, 6.45) is 0.985. The summed E-state index contributed by atoms with van der Waals surface area (Å²) in [6.45, 7) is 5.64. The molecule has 3 aromatic carbocycles. The van der Waals surface area contributed by atoms with Crippen molar-refractivity contribution >= 4 is 39.8 Å². The number of aromatic amines is 1. The number of fused-ring (bicyclic) bond motifs is 3. The lowest BCUT2D eigenvalue weighted by Gasteiger charge is -2.36. The highest BCUT2D eigenvalue weighted by molar-refractivity contribution is 6.42. The molecule has 3 heterocycles. The van der Waals surface area contributed by atoms with Crippen molar-refractivity contribution in [1.82, 2.24) is 15.2 Å². The molecule has 1 saturated heterocycles. The van der Waals surface area contributed by atoms with Crippen LogP contribution in [0.1, 0.15) is 28.4 Å². The van der Waals surface area contributed by atoms with Crippen molar-refractivity contribution in [2.75, 3.05) is 51.8 Å². The van der Waals surface area contributed by atoms with E-state index in [0.717, 1.165) is 68.4 Å². The van der Waals surface area contributed by atoms with Crippen molar-refractivity contribution in [2.24, 2.45) is 0 Å². The number of H-pyrrole nitrogens is 1. The second kappa shape index (κ2) is 10.7. The highest BCUT2D eigenvalue weighted by atomic mass is 35.5. The summed E-state index contributed by atoms with van der Waals surface area (Å²) >= 11 is 12.4. The summed E-state index contributed by atoms with van der Waals surface area (Å²) in [6, 6.07) is 18.9. The Morgan fingerprint density at radius 1 is 0.868 bits per heavy atom. The Bertz CT molecular complexity index is 1460. The summed E-state index contributed by atoms with van der Waals surface area (Å²) < 4.78 is 11.2. The van der Waals surface area contributed by atoms with Crippen molar-refractivity contribution in [3.8, 4) is 11.5 Å². The average Bonchev–Trinajstić information content (AvgIpc) is 3.32. The summed E-state index contributed by atoms with van der Waals surface area (Å²) in [4.78, 5) is 8.56. The van der Waals surface area contributed by atoms with Gasteiger partial charge in [0.05, 0.1) is 30.3 Å². The molecule has 1 atom stereocenters. The maximum absolute atomic E-state index is 6.25. The van der Waals surface area contributed by atoms with Gasteiger partial charge in [-0.1, -0.05) is 29.3 Å². The van der Waals surface area contributed by atoms with Gasteiger partial charge in [0.2, 0.25) is 0 Å².